The van der Waals surface area contributed by atoms with Crippen molar-refractivity contribution in [3.63, 3.8) is 0 Å². The molecule has 0 spiro atoms. The Labute approximate surface area is 151 Å². The molecule has 2 N–H and O–H groups in total. The van der Waals surface area contributed by atoms with E-state index in [2.05, 4.69) is 6.92 Å². The molecule has 0 radical (unpaired) electrons. The molecule has 0 heterocycles. The number of thioether (sulfide) groups is 1. The molecule has 0 amide bonds. The SMILES string of the molecule is CCCCCCCCCCCCCC(CC(=O)O)SCCC(=O)O. The van der Waals surface area contributed by atoms with Gasteiger partial charge in [-0.05, 0) is 6.42 Å². The summed E-state index contributed by atoms with van der Waals surface area (Å²) in [6, 6.07) is 0. The fraction of sp³-hybridized carbons (Fsp3) is 0.895. The van der Waals surface area contributed by atoms with Gasteiger partial charge >= 0.3 is 11.9 Å². The van der Waals surface area contributed by atoms with Crippen LogP contribution in [0.15, 0.2) is 0 Å². The Morgan fingerprint density at radius 3 is 1.75 bits per heavy atom. The highest BCUT2D eigenvalue weighted by atomic mass is 32.2. The van der Waals surface area contributed by atoms with Gasteiger partial charge in [0.15, 0.2) is 0 Å². The smallest absolute Gasteiger partial charge is 0.304 e. The first-order valence-corrected chi connectivity index (χ1v) is 10.7. The van der Waals surface area contributed by atoms with E-state index in [-0.39, 0.29) is 18.1 Å². The second-order valence-electron chi connectivity index (χ2n) is 6.56. The average molecular weight is 361 g/mol. The van der Waals surface area contributed by atoms with Gasteiger partial charge in [-0.25, -0.2) is 0 Å². The Morgan fingerprint density at radius 1 is 0.792 bits per heavy atom. The van der Waals surface area contributed by atoms with Gasteiger partial charge in [0.1, 0.15) is 0 Å². The molecule has 0 aliphatic carbocycles. The maximum atomic E-state index is 10.9. The Hall–Kier alpha value is -0.710. The molecule has 0 bridgehead atoms. The molecule has 1 atom stereocenters. The van der Waals surface area contributed by atoms with Crippen LogP contribution in [0.4, 0.5) is 0 Å². The Morgan fingerprint density at radius 2 is 1.29 bits per heavy atom. The predicted molar refractivity (Wildman–Crippen MR) is 102 cm³/mol. The molecule has 5 heteroatoms. The summed E-state index contributed by atoms with van der Waals surface area (Å²) >= 11 is 1.50. The van der Waals surface area contributed by atoms with Crippen molar-refractivity contribution in [3.8, 4) is 0 Å². The van der Waals surface area contributed by atoms with E-state index in [1.165, 1.54) is 69.5 Å². The maximum absolute atomic E-state index is 10.9. The van der Waals surface area contributed by atoms with E-state index in [0.29, 0.717) is 5.75 Å². The first kappa shape index (κ1) is 23.3. The van der Waals surface area contributed by atoms with E-state index in [9.17, 15) is 9.59 Å². The van der Waals surface area contributed by atoms with Crippen molar-refractivity contribution in [3.05, 3.63) is 0 Å². The van der Waals surface area contributed by atoms with Gasteiger partial charge in [-0.3, -0.25) is 9.59 Å². The number of aliphatic carboxylic acids is 2. The average Bonchev–Trinajstić information content (AvgIpc) is 2.51. The Balaban J connectivity index is 3.54. The minimum absolute atomic E-state index is 0.0559. The van der Waals surface area contributed by atoms with Crippen molar-refractivity contribution in [2.24, 2.45) is 0 Å². The molecule has 0 rings (SSSR count). The summed E-state index contributed by atoms with van der Waals surface area (Å²) in [7, 11) is 0. The summed E-state index contributed by atoms with van der Waals surface area (Å²) in [6.07, 6.45) is 15.3. The van der Waals surface area contributed by atoms with Gasteiger partial charge in [0.25, 0.3) is 0 Å². The summed E-state index contributed by atoms with van der Waals surface area (Å²) in [5.74, 6) is -1.09. The summed E-state index contributed by atoms with van der Waals surface area (Å²) in [4.78, 5) is 21.4. The van der Waals surface area contributed by atoms with Crippen molar-refractivity contribution in [2.45, 2.75) is 102 Å². The number of unbranched alkanes of at least 4 members (excludes halogenated alkanes) is 10. The first-order valence-electron chi connectivity index (χ1n) is 9.61. The Kier molecular flexibility index (Phi) is 16.6. The van der Waals surface area contributed by atoms with E-state index >= 15 is 0 Å². The van der Waals surface area contributed by atoms with Crippen molar-refractivity contribution in [1.82, 2.24) is 0 Å². The molecule has 0 aliphatic heterocycles. The van der Waals surface area contributed by atoms with E-state index in [1.54, 1.807) is 0 Å². The highest BCUT2D eigenvalue weighted by Crippen LogP contribution is 2.22. The van der Waals surface area contributed by atoms with Gasteiger partial charge < -0.3 is 10.2 Å². The van der Waals surface area contributed by atoms with Crippen LogP contribution in [0.1, 0.15) is 96.8 Å². The number of hydrogen-bond donors (Lipinski definition) is 2. The first-order chi connectivity index (χ1) is 11.6. The highest BCUT2D eigenvalue weighted by molar-refractivity contribution is 7.99. The molecule has 0 aromatic rings. The van der Waals surface area contributed by atoms with Crippen LogP contribution in [0.2, 0.25) is 0 Å². The molecular formula is C19H36O4S. The molecule has 0 aromatic carbocycles. The topological polar surface area (TPSA) is 74.6 Å². The third kappa shape index (κ3) is 17.6. The lowest BCUT2D eigenvalue weighted by molar-refractivity contribution is -0.137. The predicted octanol–water partition coefficient (Wildman–Crippen LogP) is 5.74. The molecule has 1 unspecified atom stereocenters. The number of hydrogen-bond acceptors (Lipinski definition) is 3. The van der Waals surface area contributed by atoms with Gasteiger partial charge in [0, 0.05) is 11.0 Å². The number of carbonyl (C=O) groups is 2. The van der Waals surface area contributed by atoms with Crippen LogP contribution in [0.25, 0.3) is 0 Å². The van der Waals surface area contributed by atoms with Crippen LogP contribution in [-0.2, 0) is 9.59 Å². The lowest BCUT2D eigenvalue weighted by Gasteiger charge is -2.13. The van der Waals surface area contributed by atoms with Crippen LogP contribution in [0.5, 0.6) is 0 Å². The normalized spacial score (nSPS) is 12.2. The van der Waals surface area contributed by atoms with E-state index in [1.807, 2.05) is 0 Å². The highest BCUT2D eigenvalue weighted by Gasteiger charge is 2.14. The summed E-state index contributed by atoms with van der Waals surface area (Å²) in [6.45, 7) is 2.24. The van der Waals surface area contributed by atoms with Crippen LogP contribution in [-0.4, -0.2) is 33.2 Å². The summed E-state index contributed by atoms with van der Waals surface area (Å²) < 4.78 is 0. The molecule has 0 saturated carbocycles. The van der Waals surface area contributed by atoms with Gasteiger partial charge in [-0.15, -0.1) is 0 Å². The quantitative estimate of drug-likeness (QED) is 0.305. The zero-order valence-electron chi connectivity index (χ0n) is 15.3. The van der Waals surface area contributed by atoms with Crippen molar-refractivity contribution < 1.29 is 19.8 Å². The number of carboxylic acids is 2. The van der Waals surface area contributed by atoms with E-state index in [0.717, 1.165) is 19.3 Å². The summed E-state index contributed by atoms with van der Waals surface area (Å²) in [5, 5.41) is 17.7. The van der Waals surface area contributed by atoms with Crippen molar-refractivity contribution in [1.29, 1.82) is 0 Å². The van der Waals surface area contributed by atoms with E-state index < -0.39 is 11.9 Å². The molecule has 24 heavy (non-hydrogen) atoms. The molecule has 142 valence electrons. The standard InChI is InChI=1S/C19H36O4S/c1-2-3-4-5-6-7-8-9-10-11-12-13-17(16-19(22)23)24-15-14-18(20)21/h17H,2-16H2,1H3,(H,20,21)(H,22,23). The van der Waals surface area contributed by atoms with Crippen LogP contribution >= 0.6 is 11.8 Å². The minimum Gasteiger partial charge on any atom is -0.481 e. The van der Waals surface area contributed by atoms with Gasteiger partial charge in [-0.2, -0.15) is 11.8 Å². The zero-order valence-corrected chi connectivity index (χ0v) is 16.1. The third-order valence-corrected chi connectivity index (χ3v) is 5.52. The molecule has 0 aromatic heterocycles. The van der Waals surface area contributed by atoms with Gasteiger partial charge in [0.2, 0.25) is 0 Å². The van der Waals surface area contributed by atoms with E-state index in [4.69, 9.17) is 10.2 Å². The second-order valence-corrected chi connectivity index (χ2v) is 7.97. The van der Waals surface area contributed by atoms with Gasteiger partial charge in [-0.1, -0.05) is 77.6 Å². The van der Waals surface area contributed by atoms with Crippen LogP contribution in [0.3, 0.4) is 0 Å². The maximum Gasteiger partial charge on any atom is 0.304 e. The van der Waals surface area contributed by atoms with Crippen LogP contribution < -0.4 is 0 Å². The second kappa shape index (κ2) is 17.1. The largest absolute Gasteiger partial charge is 0.481 e. The monoisotopic (exact) mass is 360 g/mol. The third-order valence-electron chi connectivity index (χ3n) is 4.20. The summed E-state index contributed by atoms with van der Waals surface area (Å²) in [5.41, 5.74) is 0. The molecule has 4 nitrogen and oxygen atoms in total. The molecule has 0 aliphatic rings. The lowest BCUT2D eigenvalue weighted by Crippen LogP contribution is -2.11. The van der Waals surface area contributed by atoms with Crippen LogP contribution in [0, 0.1) is 0 Å². The zero-order chi connectivity index (χ0) is 18.0. The Bertz CT molecular complexity index is 320. The molecular weight excluding hydrogens is 324 g/mol. The molecule has 0 saturated heterocycles. The lowest BCUT2D eigenvalue weighted by atomic mass is 10.0. The van der Waals surface area contributed by atoms with Gasteiger partial charge in [0.05, 0.1) is 12.8 Å². The molecule has 0 fully saturated rings. The number of rotatable bonds is 18. The number of carboxylic acid groups (broad SMARTS) is 2. The fourth-order valence-corrected chi connectivity index (χ4v) is 4.01. The van der Waals surface area contributed by atoms with Crippen molar-refractivity contribution >= 4 is 23.7 Å². The van der Waals surface area contributed by atoms with Crippen molar-refractivity contribution in [2.75, 3.05) is 5.75 Å². The fourth-order valence-electron chi connectivity index (χ4n) is 2.79. The minimum atomic E-state index is -0.814.